The molecule has 1 aromatic heterocycles. The normalized spacial score (nSPS) is 11.9. The average Bonchev–Trinajstić information content (AvgIpc) is 2.45. The number of hydrogen-bond acceptors (Lipinski definition) is 4. The van der Waals surface area contributed by atoms with E-state index in [2.05, 4.69) is 10.3 Å². The van der Waals surface area contributed by atoms with Crippen LogP contribution in [0.4, 0.5) is 0 Å². The second-order valence-corrected chi connectivity index (χ2v) is 4.82. The topological polar surface area (TPSA) is 105 Å². The first-order valence-electron chi connectivity index (χ1n) is 6.68. The Morgan fingerprint density at radius 3 is 2.85 bits per heavy atom. The molecule has 1 unspecified atom stereocenters. The number of amides is 1. The molecule has 1 amide bonds. The van der Waals surface area contributed by atoms with Gasteiger partial charge in [-0.05, 0) is 30.9 Å². The van der Waals surface area contributed by atoms with Gasteiger partial charge in [0, 0.05) is 31.3 Å². The van der Waals surface area contributed by atoms with Crippen molar-refractivity contribution in [1.82, 2.24) is 10.3 Å². The zero-order chi connectivity index (χ0) is 15.0. The third-order valence-corrected chi connectivity index (χ3v) is 3.06. The molecule has 0 aromatic carbocycles. The quantitative estimate of drug-likeness (QED) is 0.662. The zero-order valence-electron chi connectivity index (χ0n) is 11.6. The van der Waals surface area contributed by atoms with Crippen LogP contribution in [0.5, 0.6) is 0 Å². The maximum atomic E-state index is 11.9. The van der Waals surface area contributed by atoms with Gasteiger partial charge in [0.1, 0.15) is 0 Å². The Morgan fingerprint density at radius 2 is 2.20 bits per heavy atom. The van der Waals surface area contributed by atoms with Crippen molar-refractivity contribution in [3.05, 3.63) is 29.6 Å². The zero-order valence-corrected chi connectivity index (χ0v) is 11.6. The molecule has 0 aliphatic heterocycles. The Bertz CT molecular complexity index is 463. The molecule has 6 nitrogen and oxygen atoms in total. The highest BCUT2D eigenvalue weighted by atomic mass is 16.4. The van der Waals surface area contributed by atoms with E-state index in [-0.39, 0.29) is 18.2 Å². The first kappa shape index (κ1) is 16.1. The second-order valence-electron chi connectivity index (χ2n) is 4.82. The average molecular weight is 279 g/mol. The molecule has 1 heterocycles. The lowest BCUT2D eigenvalue weighted by Gasteiger charge is -2.11. The number of nitrogens with two attached hydrogens (primary N) is 1. The lowest BCUT2D eigenvalue weighted by molar-refractivity contribution is -0.137. The van der Waals surface area contributed by atoms with Gasteiger partial charge in [-0.2, -0.15) is 0 Å². The number of aliphatic carboxylic acids is 1. The minimum Gasteiger partial charge on any atom is -0.481 e. The number of nitrogens with one attached hydrogen (secondary N) is 1. The van der Waals surface area contributed by atoms with Crippen molar-refractivity contribution in [1.29, 1.82) is 0 Å². The van der Waals surface area contributed by atoms with E-state index < -0.39 is 5.97 Å². The number of rotatable bonds is 8. The third kappa shape index (κ3) is 5.79. The number of pyridine rings is 1. The van der Waals surface area contributed by atoms with E-state index in [1.165, 1.54) is 0 Å². The first-order valence-corrected chi connectivity index (χ1v) is 6.68. The molecule has 0 saturated heterocycles. The summed E-state index contributed by atoms with van der Waals surface area (Å²) in [5.74, 6) is -0.678. The van der Waals surface area contributed by atoms with Crippen LogP contribution >= 0.6 is 0 Å². The summed E-state index contributed by atoms with van der Waals surface area (Å²) in [6, 6.07) is 3.31. The maximum Gasteiger partial charge on any atom is 0.303 e. The molecule has 0 radical (unpaired) electrons. The van der Waals surface area contributed by atoms with E-state index in [1.54, 1.807) is 18.3 Å². The fourth-order valence-electron chi connectivity index (χ4n) is 1.78. The van der Waals surface area contributed by atoms with Gasteiger partial charge in [-0.25, -0.2) is 0 Å². The van der Waals surface area contributed by atoms with E-state index in [4.69, 9.17) is 10.8 Å². The molecule has 0 spiro atoms. The third-order valence-electron chi connectivity index (χ3n) is 3.06. The van der Waals surface area contributed by atoms with Crippen LogP contribution < -0.4 is 11.1 Å². The number of carboxylic acids is 1. The van der Waals surface area contributed by atoms with Crippen LogP contribution in [-0.2, 0) is 11.3 Å². The highest BCUT2D eigenvalue weighted by Gasteiger charge is 2.08. The lowest BCUT2D eigenvalue weighted by Crippen LogP contribution is -2.26. The van der Waals surface area contributed by atoms with Crippen molar-refractivity contribution in [2.24, 2.45) is 11.7 Å². The van der Waals surface area contributed by atoms with Gasteiger partial charge >= 0.3 is 5.97 Å². The van der Waals surface area contributed by atoms with Gasteiger partial charge in [-0.15, -0.1) is 0 Å². The van der Waals surface area contributed by atoms with E-state index in [1.807, 2.05) is 6.92 Å². The minimum absolute atomic E-state index is 0.160. The Labute approximate surface area is 118 Å². The molecule has 1 atom stereocenters. The maximum absolute atomic E-state index is 11.9. The van der Waals surface area contributed by atoms with Gasteiger partial charge in [-0.1, -0.05) is 6.92 Å². The number of hydrogen-bond donors (Lipinski definition) is 3. The van der Waals surface area contributed by atoms with Gasteiger partial charge in [-0.3, -0.25) is 14.6 Å². The smallest absolute Gasteiger partial charge is 0.303 e. The van der Waals surface area contributed by atoms with Crippen LogP contribution in [0.3, 0.4) is 0 Å². The monoisotopic (exact) mass is 279 g/mol. The van der Waals surface area contributed by atoms with Crippen molar-refractivity contribution in [3.8, 4) is 0 Å². The van der Waals surface area contributed by atoms with Gasteiger partial charge in [0.2, 0.25) is 0 Å². The van der Waals surface area contributed by atoms with Crippen LogP contribution in [0.15, 0.2) is 18.3 Å². The van der Waals surface area contributed by atoms with Crippen molar-refractivity contribution in [2.45, 2.75) is 32.7 Å². The number of nitrogens with zero attached hydrogens (tertiary/aromatic N) is 1. The molecule has 0 aliphatic rings. The molecule has 4 N–H and O–H groups in total. The molecule has 110 valence electrons. The van der Waals surface area contributed by atoms with Crippen molar-refractivity contribution in [2.75, 3.05) is 6.54 Å². The number of carbonyl (C=O) groups is 2. The molecular weight excluding hydrogens is 258 g/mol. The Kier molecular flexibility index (Phi) is 6.66. The fraction of sp³-hybridized carbons (Fsp3) is 0.500. The molecule has 1 aromatic rings. The Morgan fingerprint density at radius 1 is 1.45 bits per heavy atom. The molecule has 0 saturated carbocycles. The van der Waals surface area contributed by atoms with Crippen LogP contribution in [0.1, 0.15) is 42.2 Å². The molecular formula is C14H21N3O3. The van der Waals surface area contributed by atoms with Gasteiger partial charge in [0.05, 0.1) is 5.69 Å². The van der Waals surface area contributed by atoms with Crippen molar-refractivity contribution >= 4 is 11.9 Å². The van der Waals surface area contributed by atoms with Crippen LogP contribution in [0.2, 0.25) is 0 Å². The van der Waals surface area contributed by atoms with Crippen LogP contribution in [0.25, 0.3) is 0 Å². The van der Waals surface area contributed by atoms with E-state index >= 15 is 0 Å². The molecule has 0 fully saturated rings. The Hall–Kier alpha value is -1.95. The molecule has 0 bridgehead atoms. The number of aromatic nitrogens is 1. The first-order chi connectivity index (χ1) is 9.52. The molecule has 0 aliphatic carbocycles. The van der Waals surface area contributed by atoms with Gasteiger partial charge in [0.15, 0.2) is 0 Å². The van der Waals surface area contributed by atoms with Gasteiger partial charge < -0.3 is 16.2 Å². The summed E-state index contributed by atoms with van der Waals surface area (Å²) >= 11 is 0. The lowest BCUT2D eigenvalue weighted by atomic mass is 10.0. The molecule has 6 heteroatoms. The van der Waals surface area contributed by atoms with E-state index in [9.17, 15) is 9.59 Å². The predicted molar refractivity (Wildman–Crippen MR) is 75.1 cm³/mol. The summed E-state index contributed by atoms with van der Waals surface area (Å²) < 4.78 is 0. The van der Waals surface area contributed by atoms with E-state index in [0.717, 1.165) is 6.42 Å². The second kappa shape index (κ2) is 8.27. The van der Waals surface area contributed by atoms with Crippen molar-refractivity contribution in [3.63, 3.8) is 0 Å². The standard InChI is InChI=1S/C14H21N3O3/c1-10(2-3-13(18)19)4-6-17-14(20)11-5-7-16-12(8-11)9-15/h5,7-8,10H,2-4,6,9,15H2,1H3,(H,17,20)(H,18,19). The highest BCUT2D eigenvalue weighted by Crippen LogP contribution is 2.09. The summed E-state index contributed by atoms with van der Waals surface area (Å²) in [6.07, 6.45) is 3.11. The predicted octanol–water partition coefficient (Wildman–Crippen LogP) is 1.16. The SMILES string of the molecule is CC(CCNC(=O)c1ccnc(CN)c1)CCC(=O)O. The molecule has 1 rings (SSSR count). The van der Waals surface area contributed by atoms with Crippen molar-refractivity contribution < 1.29 is 14.7 Å². The summed E-state index contributed by atoms with van der Waals surface area (Å²) in [5.41, 5.74) is 6.69. The number of carboxylic acid groups (broad SMARTS) is 1. The highest BCUT2D eigenvalue weighted by molar-refractivity contribution is 5.94. The number of carbonyl (C=O) groups excluding carboxylic acids is 1. The van der Waals surface area contributed by atoms with Crippen LogP contribution in [-0.4, -0.2) is 28.5 Å². The van der Waals surface area contributed by atoms with E-state index in [0.29, 0.717) is 30.8 Å². The largest absolute Gasteiger partial charge is 0.481 e. The summed E-state index contributed by atoms with van der Waals surface area (Å²) in [4.78, 5) is 26.4. The summed E-state index contributed by atoms with van der Waals surface area (Å²) in [6.45, 7) is 2.81. The minimum atomic E-state index is -0.785. The van der Waals surface area contributed by atoms with Gasteiger partial charge in [0.25, 0.3) is 5.91 Å². The molecule has 20 heavy (non-hydrogen) atoms. The Balaban J connectivity index is 2.34. The summed E-state index contributed by atoms with van der Waals surface area (Å²) in [5, 5.41) is 11.4. The fourth-order valence-corrected chi connectivity index (χ4v) is 1.78. The van der Waals surface area contributed by atoms with Crippen LogP contribution in [0, 0.1) is 5.92 Å². The summed E-state index contributed by atoms with van der Waals surface area (Å²) in [7, 11) is 0.